The summed E-state index contributed by atoms with van der Waals surface area (Å²) in [6.07, 6.45) is 6.92. The predicted octanol–water partition coefficient (Wildman–Crippen LogP) is 1.93. The molecule has 0 N–H and O–H groups in total. The van der Waals surface area contributed by atoms with Crippen LogP contribution in [-0.4, -0.2) is 30.1 Å². The first-order chi connectivity index (χ1) is 6.24. The highest BCUT2D eigenvalue weighted by Crippen LogP contribution is 2.07. The first-order valence-corrected chi connectivity index (χ1v) is 6.04. The van der Waals surface area contributed by atoms with Crippen LogP contribution in [0.25, 0.3) is 0 Å². The van der Waals surface area contributed by atoms with Gasteiger partial charge in [-0.05, 0) is 12.1 Å². The van der Waals surface area contributed by atoms with Crippen molar-refractivity contribution in [3.8, 4) is 0 Å². The Morgan fingerprint density at radius 2 is 1.54 bits per heavy atom. The van der Waals surface area contributed by atoms with Crippen LogP contribution < -0.4 is 0 Å². The molecule has 0 saturated carbocycles. The Bertz CT molecular complexity index is 165. The van der Waals surface area contributed by atoms with Crippen LogP contribution in [0.5, 0.6) is 0 Å². The molecule has 0 atom stereocenters. The SMILES string of the molecule is CC/C=C/C=C/[Si](OC)(OC)OC. The van der Waals surface area contributed by atoms with Crippen molar-refractivity contribution in [2.45, 2.75) is 13.3 Å². The van der Waals surface area contributed by atoms with Crippen molar-refractivity contribution in [3.63, 3.8) is 0 Å². The topological polar surface area (TPSA) is 27.7 Å². The molecule has 0 aliphatic carbocycles. The van der Waals surface area contributed by atoms with Gasteiger partial charge in [0.2, 0.25) is 0 Å². The summed E-state index contributed by atoms with van der Waals surface area (Å²) in [5, 5.41) is 0. The Balaban J connectivity index is 4.23. The molecule has 0 rings (SSSR count). The fourth-order valence-electron chi connectivity index (χ4n) is 0.842. The van der Waals surface area contributed by atoms with E-state index in [1.165, 1.54) is 0 Å². The lowest BCUT2D eigenvalue weighted by molar-refractivity contribution is 0.138. The molecule has 0 amide bonds. The average Bonchev–Trinajstić information content (AvgIpc) is 2.20. The Morgan fingerprint density at radius 1 is 1.00 bits per heavy atom. The minimum Gasteiger partial charge on any atom is -0.374 e. The van der Waals surface area contributed by atoms with Crippen molar-refractivity contribution in [1.82, 2.24) is 0 Å². The Hall–Kier alpha value is -0.423. The number of hydrogen-bond donors (Lipinski definition) is 0. The summed E-state index contributed by atoms with van der Waals surface area (Å²) in [4.78, 5) is 0. The minimum absolute atomic E-state index is 1.02. The van der Waals surface area contributed by atoms with E-state index in [1.807, 2.05) is 17.9 Å². The van der Waals surface area contributed by atoms with Crippen LogP contribution in [0.4, 0.5) is 0 Å². The third kappa shape index (κ3) is 4.38. The number of allylic oxidation sites excluding steroid dienone is 3. The van der Waals surface area contributed by atoms with E-state index in [4.69, 9.17) is 13.3 Å². The summed E-state index contributed by atoms with van der Waals surface area (Å²) in [6, 6.07) is 0. The van der Waals surface area contributed by atoms with E-state index < -0.39 is 8.80 Å². The van der Waals surface area contributed by atoms with E-state index in [9.17, 15) is 0 Å². The van der Waals surface area contributed by atoms with Crippen LogP contribution in [-0.2, 0) is 13.3 Å². The van der Waals surface area contributed by atoms with Crippen molar-refractivity contribution in [2.24, 2.45) is 0 Å². The molecule has 0 saturated heterocycles. The van der Waals surface area contributed by atoms with Gasteiger partial charge in [0.1, 0.15) is 0 Å². The van der Waals surface area contributed by atoms with Crippen molar-refractivity contribution >= 4 is 8.80 Å². The minimum atomic E-state index is -2.50. The van der Waals surface area contributed by atoms with Crippen LogP contribution in [0.1, 0.15) is 13.3 Å². The summed E-state index contributed by atoms with van der Waals surface area (Å²) in [7, 11) is 2.27. The normalized spacial score (nSPS) is 13.2. The van der Waals surface area contributed by atoms with Gasteiger partial charge < -0.3 is 13.3 Å². The molecule has 3 nitrogen and oxygen atoms in total. The standard InChI is InChI=1S/C9H18O3Si/c1-5-6-7-8-9-13(10-2,11-3)12-4/h6-9H,5H2,1-4H3/b7-6+,9-8+. The third-order valence-corrected chi connectivity index (χ3v) is 3.94. The van der Waals surface area contributed by atoms with Gasteiger partial charge in [0.05, 0.1) is 0 Å². The second-order valence-electron chi connectivity index (χ2n) is 2.41. The van der Waals surface area contributed by atoms with E-state index in [0.717, 1.165) is 6.42 Å². The van der Waals surface area contributed by atoms with Crippen LogP contribution in [0.2, 0.25) is 0 Å². The first kappa shape index (κ1) is 12.6. The molecule has 0 heterocycles. The average molecular weight is 202 g/mol. The van der Waals surface area contributed by atoms with E-state index in [0.29, 0.717) is 0 Å². The van der Waals surface area contributed by atoms with Gasteiger partial charge in [-0.1, -0.05) is 25.2 Å². The van der Waals surface area contributed by atoms with Gasteiger partial charge in [0, 0.05) is 21.3 Å². The smallest absolute Gasteiger partial charge is 0.374 e. The summed E-state index contributed by atoms with van der Waals surface area (Å²) in [5.74, 6) is 0. The lowest BCUT2D eigenvalue weighted by Gasteiger charge is -2.19. The highest BCUT2D eigenvalue weighted by molar-refractivity contribution is 6.66. The Labute approximate surface area is 81.4 Å². The number of rotatable bonds is 6. The molecular formula is C9H18O3Si. The highest BCUT2D eigenvalue weighted by Gasteiger charge is 2.33. The quantitative estimate of drug-likeness (QED) is 0.486. The molecule has 0 aromatic heterocycles. The van der Waals surface area contributed by atoms with E-state index in [2.05, 4.69) is 13.0 Å². The predicted molar refractivity (Wildman–Crippen MR) is 55.4 cm³/mol. The Morgan fingerprint density at radius 3 is 1.92 bits per heavy atom. The van der Waals surface area contributed by atoms with Crippen molar-refractivity contribution in [2.75, 3.05) is 21.3 Å². The third-order valence-electron chi connectivity index (χ3n) is 1.64. The fourth-order valence-corrected chi connectivity index (χ4v) is 2.10. The fraction of sp³-hybridized carbons (Fsp3) is 0.556. The zero-order valence-electron chi connectivity index (χ0n) is 8.74. The van der Waals surface area contributed by atoms with Gasteiger partial charge in [-0.2, -0.15) is 0 Å². The molecule has 0 aliphatic rings. The van der Waals surface area contributed by atoms with Gasteiger partial charge >= 0.3 is 8.80 Å². The zero-order valence-corrected chi connectivity index (χ0v) is 9.74. The van der Waals surface area contributed by atoms with Crippen LogP contribution in [0.15, 0.2) is 23.9 Å². The molecule has 0 aliphatic heterocycles. The van der Waals surface area contributed by atoms with Crippen molar-refractivity contribution in [1.29, 1.82) is 0 Å². The molecular weight excluding hydrogens is 184 g/mol. The maximum atomic E-state index is 5.19. The largest absolute Gasteiger partial charge is 0.528 e. The summed E-state index contributed by atoms with van der Waals surface area (Å²) in [6.45, 7) is 2.08. The van der Waals surface area contributed by atoms with Gasteiger partial charge in [-0.3, -0.25) is 0 Å². The van der Waals surface area contributed by atoms with Gasteiger partial charge in [-0.25, -0.2) is 0 Å². The van der Waals surface area contributed by atoms with E-state index >= 15 is 0 Å². The maximum absolute atomic E-state index is 5.19. The molecule has 4 heteroatoms. The molecule has 0 fully saturated rings. The molecule has 0 spiro atoms. The second-order valence-corrected chi connectivity index (χ2v) is 5.18. The van der Waals surface area contributed by atoms with Crippen molar-refractivity contribution < 1.29 is 13.3 Å². The lowest BCUT2D eigenvalue weighted by atomic mass is 10.4. The first-order valence-electron chi connectivity index (χ1n) is 4.24. The molecule has 0 bridgehead atoms. The highest BCUT2D eigenvalue weighted by atomic mass is 28.4. The Kier molecular flexibility index (Phi) is 6.80. The number of hydrogen-bond acceptors (Lipinski definition) is 3. The molecule has 0 aromatic carbocycles. The second kappa shape index (κ2) is 7.03. The van der Waals surface area contributed by atoms with E-state index in [1.54, 1.807) is 21.3 Å². The van der Waals surface area contributed by atoms with Gasteiger partial charge in [0.15, 0.2) is 0 Å². The monoisotopic (exact) mass is 202 g/mol. The molecule has 0 unspecified atom stereocenters. The summed E-state index contributed by atoms with van der Waals surface area (Å²) < 4.78 is 15.6. The van der Waals surface area contributed by atoms with Crippen molar-refractivity contribution in [3.05, 3.63) is 23.9 Å². The maximum Gasteiger partial charge on any atom is 0.528 e. The lowest BCUT2D eigenvalue weighted by Crippen LogP contribution is -2.40. The van der Waals surface area contributed by atoms with Crippen LogP contribution >= 0.6 is 0 Å². The molecule has 0 radical (unpaired) electrons. The van der Waals surface area contributed by atoms with E-state index in [-0.39, 0.29) is 0 Å². The molecule has 76 valence electrons. The zero-order chi connectivity index (χ0) is 10.2. The summed E-state index contributed by atoms with van der Waals surface area (Å²) >= 11 is 0. The summed E-state index contributed by atoms with van der Waals surface area (Å²) in [5.41, 5.74) is 1.85. The van der Waals surface area contributed by atoms with Crippen LogP contribution in [0.3, 0.4) is 0 Å². The van der Waals surface area contributed by atoms with Gasteiger partial charge in [0.25, 0.3) is 0 Å². The van der Waals surface area contributed by atoms with Crippen LogP contribution in [0, 0.1) is 0 Å². The van der Waals surface area contributed by atoms with Gasteiger partial charge in [-0.15, -0.1) is 0 Å². The molecule has 0 aromatic rings. The molecule has 13 heavy (non-hydrogen) atoms.